The van der Waals surface area contributed by atoms with E-state index in [2.05, 4.69) is 32.3 Å². The highest BCUT2D eigenvalue weighted by atomic mass is 35.5. The molecular formula is C31H32ClN7O7. The Morgan fingerprint density at radius 1 is 1.26 bits per heavy atom. The standard InChI is InChI=1S/C21H19N5O5.C10H12N2O2.ClH/c1-3-8-31-20(30)13-4-5-14-12(11(13)2)6-7-15(14)24-18(27)17-9-16(19(28)29)25-21-22-10-23-26(17)21;1-6-10(13)12-8-4-7(5-11)2-3-9(8)14-6;/h3-5,9-10,15H,1,6-8H2,2H3,(H,24,27)(H,28,29);2-4,6H,5,11H2,1H3,(H,12,13);1H/t15-;;/m0../s1. The third kappa shape index (κ3) is 6.82. The van der Waals surface area contributed by atoms with Gasteiger partial charge >= 0.3 is 11.9 Å². The number of nitrogens with one attached hydrogen (secondary N) is 2. The number of carboxylic acid groups (broad SMARTS) is 1. The molecule has 2 aliphatic rings. The van der Waals surface area contributed by atoms with Gasteiger partial charge in [0.15, 0.2) is 11.8 Å². The number of anilines is 1. The molecule has 240 valence electrons. The largest absolute Gasteiger partial charge is 0.479 e. The van der Waals surface area contributed by atoms with Crippen LogP contribution in [0.5, 0.6) is 5.75 Å². The van der Waals surface area contributed by atoms with E-state index in [4.69, 9.17) is 15.2 Å². The van der Waals surface area contributed by atoms with Gasteiger partial charge in [-0.3, -0.25) is 9.59 Å². The van der Waals surface area contributed by atoms with Crippen LogP contribution in [0.2, 0.25) is 0 Å². The summed E-state index contributed by atoms with van der Waals surface area (Å²) in [6, 6.07) is 9.92. The van der Waals surface area contributed by atoms with Gasteiger partial charge in [-0.05, 0) is 67.1 Å². The molecule has 0 saturated heterocycles. The number of carboxylic acids is 1. The second-order valence-corrected chi connectivity index (χ2v) is 10.3. The number of aromatic carboxylic acids is 1. The quantitative estimate of drug-likeness (QED) is 0.169. The molecule has 46 heavy (non-hydrogen) atoms. The van der Waals surface area contributed by atoms with Gasteiger partial charge in [0.1, 0.15) is 24.4 Å². The third-order valence-electron chi connectivity index (χ3n) is 7.46. The molecule has 2 atom stereocenters. The van der Waals surface area contributed by atoms with Crippen molar-refractivity contribution >= 4 is 47.6 Å². The fourth-order valence-electron chi connectivity index (χ4n) is 5.16. The second-order valence-electron chi connectivity index (χ2n) is 10.3. The SMILES string of the molecule is C=CCOC(=O)c1ccc2c(c1C)CC[C@@H]2NC(=O)c1cc(C(=O)O)nc2ncnn12.CC1Oc2ccc(CN)cc2NC1=O.Cl. The van der Waals surface area contributed by atoms with E-state index in [1.54, 1.807) is 13.0 Å². The third-order valence-corrected chi connectivity index (χ3v) is 7.46. The van der Waals surface area contributed by atoms with Crippen molar-refractivity contribution in [2.45, 2.75) is 45.4 Å². The van der Waals surface area contributed by atoms with E-state index < -0.39 is 23.9 Å². The van der Waals surface area contributed by atoms with E-state index >= 15 is 0 Å². The summed E-state index contributed by atoms with van der Waals surface area (Å²) in [4.78, 5) is 55.6. The zero-order chi connectivity index (χ0) is 32.2. The minimum absolute atomic E-state index is 0. The van der Waals surface area contributed by atoms with Crippen molar-refractivity contribution in [3.63, 3.8) is 0 Å². The summed E-state index contributed by atoms with van der Waals surface area (Å²) in [5.41, 5.74) is 10.1. The molecule has 2 aromatic carbocycles. The van der Waals surface area contributed by atoms with Crippen LogP contribution in [0.25, 0.3) is 5.78 Å². The van der Waals surface area contributed by atoms with Gasteiger partial charge in [0.25, 0.3) is 17.6 Å². The van der Waals surface area contributed by atoms with Crippen LogP contribution in [0.15, 0.2) is 55.4 Å². The first-order valence-corrected chi connectivity index (χ1v) is 14.1. The number of hydrogen-bond acceptors (Lipinski definition) is 10. The zero-order valence-corrected chi connectivity index (χ0v) is 25.8. The summed E-state index contributed by atoms with van der Waals surface area (Å²) >= 11 is 0. The van der Waals surface area contributed by atoms with Gasteiger partial charge in [0.05, 0.1) is 17.3 Å². The Kier molecular flexibility index (Phi) is 10.3. The number of nitrogens with two attached hydrogens (primary N) is 1. The second kappa shape index (κ2) is 14.2. The summed E-state index contributed by atoms with van der Waals surface area (Å²) in [6.07, 6.45) is 3.61. The summed E-state index contributed by atoms with van der Waals surface area (Å²) < 4.78 is 11.7. The highest BCUT2D eigenvalue weighted by molar-refractivity contribution is 5.98. The van der Waals surface area contributed by atoms with Crippen molar-refractivity contribution in [1.82, 2.24) is 24.9 Å². The molecule has 0 spiro atoms. The average molecular weight is 650 g/mol. The maximum absolute atomic E-state index is 13.0. The molecule has 1 aliphatic heterocycles. The van der Waals surface area contributed by atoms with Gasteiger partial charge in [-0.1, -0.05) is 24.8 Å². The minimum atomic E-state index is -1.27. The number of esters is 1. The van der Waals surface area contributed by atoms with Crippen molar-refractivity contribution < 1.29 is 33.8 Å². The molecule has 6 rings (SSSR count). The van der Waals surface area contributed by atoms with Crippen molar-refractivity contribution in [2.24, 2.45) is 5.73 Å². The Balaban J connectivity index is 0.000000268. The van der Waals surface area contributed by atoms with Crippen molar-refractivity contribution in [1.29, 1.82) is 0 Å². The number of amides is 2. The molecule has 15 heteroatoms. The molecule has 1 aliphatic carbocycles. The van der Waals surface area contributed by atoms with E-state index in [0.29, 0.717) is 36.4 Å². The molecule has 2 aromatic heterocycles. The van der Waals surface area contributed by atoms with Crippen molar-refractivity contribution in [2.75, 3.05) is 11.9 Å². The average Bonchev–Trinajstić information content (AvgIpc) is 3.68. The lowest BCUT2D eigenvalue weighted by Crippen LogP contribution is -2.34. The number of hydrogen-bond donors (Lipinski definition) is 4. The normalized spacial score (nSPS) is 15.9. The van der Waals surface area contributed by atoms with Crippen LogP contribution >= 0.6 is 12.4 Å². The number of halogens is 1. The van der Waals surface area contributed by atoms with Crippen LogP contribution in [-0.4, -0.2) is 61.2 Å². The Labute approximate surface area is 269 Å². The number of rotatable bonds is 7. The lowest BCUT2D eigenvalue weighted by atomic mass is 9.98. The predicted molar refractivity (Wildman–Crippen MR) is 168 cm³/mol. The van der Waals surface area contributed by atoms with Crippen molar-refractivity contribution in [3.8, 4) is 5.75 Å². The minimum Gasteiger partial charge on any atom is -0.479 e. The van der Waals surface area contributed by atoms with Gasteiger partial charge in [-0.2, -0.15) is 14.6 Å². The molecular weight excluding hydrogens is 618 g/mol. The van der Waals surface area contributed by atoms with E-state index in [9.17, 15) is 24.3 Å². The van der Waals surface area contributed by atoms with Crippen LogP contribution in [0, 0.1) is 6.92 Å². The summed E-state index contributed by atoms with van der Waals surface area (Å²) in [5.74, 6) is -1.57. The number of fused-ring (bicyclic) bond motifs is 3. The first-order chi connectivity index (χ1) is 21.6. The van der Waals surface area contributed by atoms with Crippen LogP contribution in [0.4, 0.5) is 5.69 Å². The highest BCUT2D eigenvalue weighted by Crippen LogP contribution is 2.35. The number of carbonyl (C=O) groups excluding carboxylic acids is 3. The monoisotopic (exact) mass is 649 g/mol. The van der Waals surface area contributed by atoms with E-state index in [1.165, 1.54) is 23.0 Å². The Hall–Kier alpha value is -5.34. The number of carbonyl (C=O) groups is 4. The summed E-state index contributed by atoms with van der Waals surface area (Å²) in [6.45, 7) is 7.70. The molecule has 5 N–H and O–H groups in total. The number of benzene rings is 2. The number of ether oxygens (including phenoxy) is 2. The number of nitrogens with zero attached hydrogens (tertiary/aromatic N) is 4. The molecule has 0 radical (unpaired) electrons. The van der Waals surface area contributed by atoms with Crippen LogP contribution < -0.4 is 21.1 Å². The lowest BCUT2D eigenvalue weighted by molar-refractivity contribution is -0.122. The van der Waals surface area contributed by atoms with Crippen molar-refractivity contribution in [3.05, 3.63) is 94.6 Å². The van der Waals surface area contributed by atoms with E-state index in [0.717, 1.165) is 22.3 Å². The molecule has 0 fully saturated rings. The first kappa shape index (κ1) is 33.6. The number of aromatic nitrogens is 4. The fraction of sp³-hybridized carbons (Fsp3) is 0.258. The topological polar surface area (TPSA) is 200 Å². The maximum Gasteiger partial charge on any atom is 0.354 e. The summed E-state index contributed by atoms with van der Waals surface area (Å²) in [7, 11) is 0. The molecule has 14 nitrogen and oxygen atoms in total. The zero-order valence-electron chi connectivity index (χ0n) is 25.0. The van der Waals surface area contributed by atoms with E-state index in [-0.39, 0.29) is 48.1 Å². The first-order valence-electron chi connectivity index (χ1n) is 14.1. The smallest absolute Gasteiger partial charge is 0.354 e. The molecule has 1 unspecified atom stereocenters. The Bertz CT molecular complexity index is 1840. The molecule has 4 aromatic rings. The summed E-state index contributed by atoms with van der Waals surface area (Å²) in [5, 5.41) is 18.9. The van der Waals surface area contributed by atoms with Crippen LogP contribution in [0.3, 0.4) is 0 Å². The predicted octanol–water partition coefficient (Wildman–Crippen LogP) is 3.18. The van der Waals surface area contributed by atoms with Gasteiger partial charge < -0.3 is 30.9 Å². The Morgan fingerprint density at radius 2 is 2.04 bits per heavy atom. The van der Waals surface area contributed by atoms with Gasteiger partial charge in [-0.25, -0.2) is 14.6 Å². The fourth-order valence-corrected chi connectivity index (χ4v) is 5.16. The Morgan fingerprint density at radius 3 is 2.76 bits per heavy atom. The molecule has 3 heterocycles. The molecule has 0 saturated carbocycles. The van der Waals surface area contributed by atoms with E-state index in [1.807, 2.05) is 31.2 Å². The lowest BCUT2D eigenvalue weighted by Gasteiger charge is -2.23. The van der Waals surface area contributed by atoms with Crippen LogP contribution in [-0.2, 0) is 22.5 Å². The van der Waals surface area contributed by atoms with Gasteiger partial charge in [0.2, 0.25) is 0 Å². The van der Waals surface area contributed by atoms with Crippen LogP contribution in [0.1, 0.15) is 73.0 Å². The maximum atomic E-state index is 13.0. The molecule has 0 bridgehead atoms. The molecule has 2 amide bonds. The van der Waals surface area contributed by atoms with Gasteiger partial charge in [-0.15, -0.1) is 12.4 Å². The highest BCUT2D eigenvalue weighted by Gasteiger charge is 2.29. The van der Waals surface area contributed by atoms with Gasteiger partial charge in [0, 0.05) is 12.6 Å².